The van der Waals surface area contributed by atoms with E-state index in [-0.39, 0.29) is 23.9 Å². The summed E-state index contributed by atoms with van der Waals surface area (Å²) in [6, 6.07) is 15.6. The molecule has 5 heteroatoms. The molecule has 4 rings (SSSR count). The minimum absolute atomic E-state index is 0.00330. The van der Waals surface area contributed by atoms with Gasteiger partial charge < -0.3 is 14.5 Å². The minimum Gasteiger partial charge on any atom is -0.497 e. The van der Waals surface area contributed by atoms with E-state index in [1.165, 1.54) is 11.1 Å². The lowest BCUT2D eigenvalue weighted by Gasteiger charge is -2.38. The zero-order chi connectivity index (χ0) is 19.7. The SMILES string of the molecule is COc1ccc2c(c1)CCN(C(=O)C1CCC(=O)N1Cc1ccccc1)C2C. The summed E-state index contributed by atoms with van der Waals surface area (Å²) in [5.41, 5.74) is 3.46. The summed E-state index contributed by atoms with van der Waals surface area (Å²) in [5.74, 6) is 0.980. The predicted molar refractivity (Wildman–Crippen MR) is 107 cm³/mol. The van der Waals surface area contributed by atoms with Gasteiger partial charge in [-0.1, -0.05) is 36.4 Å². The Morgan fingerprint density at radius 3 is 2.68 bits per heavy atom. The van der Waals surface area contributed by atoms with E-state index in [9.17, 15) is 9.59 Å². The van der Waals surface area contributed by atoms with Crippen LogP contribution in [-0.2, 0) is 22.6 Å². The quantitative estimate of drug-likeness (QED) is 0.820. The molecule has 28 heavy (non-hydrogen) atoms. The van der Waals surface area contributed by atoms with Crippen LogP contribution in [0.4, 0.5) is 0 Å². The van der Waals surface area contributed by atoms with Crippen molar-refractivity contribution in [1.82, 2.24) is 9.80 Å². The van der Waals surface area contributed by atoms with Crippen LogP contribution in [-0.4, -0.2) is 41.3 Å². The van der Waals surface area contributed by atoms with Crippen LogP contribution in [0.3, 0.4) is 0 Å². The molecule has 0 bridgehead atoms. The Hall–Kier alpha value is -2.82. The number of carbonyl (C=O) groups is 2. The summed E-state index contributed by atoms with van der Waals surface area (Å²) >= 11 is 0. The summed E-state index contributed by atoms with van der Waals surface area (Å²) in [5, 5.41) is 0. The van der Waals surface area contributed by atoms with E-state index < -0.39 is 0 Å². The molecule has 0 aromatic heterocycles. The summed E-state index contributed by atoms with van der Waals surface area (Å²) in [7, 11) is 1.67. The van der Waals surface area contributed by atoms with Crippen molar-refractivity contribution in [1.29, 1.82) is 0 Å². The topological polar surface area (TPSA) is 49.9 Å². The lowest BCUT2D eigenvalue weighted by Crippen LogP contribution is -2.49. The van der Waals surface area contributed by atoms with Crippen molar-refractivity contribution in [2.45, 2.75) is 44.8 Å². The van der Waals surface area contributed by atoms with Crippen molar-refractivity contribution in [3.63, 3.8) is 0 Å². The molecular weight excluding hydrogens is 352 g/mol. The highest BCUT2D eigenvalue weighted by atomic mass is 16.5. The van der Waals surface area contributed by atoms with Crippen LogP contribution in [0.5, 0.6) is 5.75 Å². The second-order valence-corrected chi connectivity index (χ2v) is 7.58. The third-order valence-electron chi connectivity index (χ3n) is 5.98. The first-order valence-corrected chi connectivity index (χ1v) is 9.89. The number of fused-ring (bicyclic) bond motifs is 1. The Morgan fingerprint density at radius 1 is 1.14 bits per heavy atom. The molecule has 0 aliphatic carbocycles. The van der Waals surface area contributed by atoms with E-state index in [0.29, 0.717) is 25.9 Å². The second kappa shape index (κ2) is 7.66. The van der Waals surface area contributed by atoms with Crippen molar-refractivity contribution in [3.05, 3.63) is 65.2 Å². The molecule has 1 saturated heterocycles. The van der Waals surface area contributed by atoms with Crippen LogP contribution in [0.2, 0.25) is 0 Å². The van der Waals surface area contributed by atoms with Gasteiger partial charge in [-0.05, 0) is 48.6 Å². The summed E-state index contributed by atoms with van der Waals surface area (Å²) in [6.07, 6.45) is 1.85. The Morgan fingerprint density at radius 2 is 1.93 bits per heavy atom. The third kappa shape index (κ3) is 3.37. The number of likely N-dealkylation sites (tertiary alicyclic amines) is 1. The first-order valence-electron chi connectivity index (χ1n) is 9.89. The van der Waals surface area contributed by atoms with Crippen molar-refractivity contribution in [2.24, 2.45) is 0 Å². The average molecular weight is 378 g/mol. The molecule has 5 nitrogen and oxygen atoms in total. The van der Waals surface area contributed by atoms with Crippen LogP contribution in [0.25, 0.3) is 0 Å². The van der Waals surface area contributed by atoms with Crippen molar-refractivity contribution < 1.29 is 14.3 Å². The van der Waals surface area contributed by atoms with Gasteiger partial charge in [0.1, 0.15) is 11.8 Å². The average Bonchev–Trinajstić information content (AvgIpc) is 3.08. The fourth-order valence-electron chi connectivity index (χ4n) is 4.40. The molecule has 2 aromatic rings. The molecule has 1 fully saturated rings. The van der Waals surface area contributed by atoms with Crippen LogP contribution >= 0.6 is 0 Å². The highest BCUT2D eigenvalue weighted by Gasteiger charge is 2.40. The smallest absolute Gasteiger partial charge is 0.245 e. The summed E-state index contributed by atoms with van der Waals surface area (Å²) < 4.78 is 5.33. The summed E-state index contributed by atoms with van der Waals surface area (Å²) in [6.45, 7) is 3.23. The molecule has 0 N–H and O–H groups in total. The van der Waals surface area contributed by atoms with Gasteiger partial charge in [0.25, 0.3) is 0 Å². The fraction of sp³-hybridized carbons (Fsp3) is 0.391. The number of hydrogen-bond acceptors (Lipinski definition) is 3. The predicted octanol–water partition coefficient (Wildman–Crippen LogP) is 3.33. The van der Waals surface area contributed by atoms with Crippen molar-refractivity contribution >= 4 is 11.8 Å². The Labute approximate surface area is 165 Å². The number of amides is 2. The third-order valence-corrected chi connectivity index (χ3v) is 5.98. The molecule has 2 aliphatic rings. The molecule has 2 heterocycles. The normalized spacial score (nSPS) is 21.6. The van der Waals surface area contributed by atoms with Crippen LogP contribution in [0, 0.1) is 0 Å². The van der Waals surface area contributed by atoms with E-state index in [2.05, 4.69) is 19.1 Å². The maximum absolute atomic E-state index is 13.4. The highest BCUT2D eigenvalue weighted by Crippen LogP contribution is 2.34. The van der Waals surface area contributed by atoms with E-state index in [1.54, 1.807) is 12.0 Å². The molecule has 2 aromatic carbocycles. The molecule has 146 valence electrons. The number of hydrogen-bond donors (Lipinski definition) is 0. The lowest BCUT2D eigenvalue weighted by molar-refractivity contribution is -0.143. The van der Waals surface area contributed by atoms with Gasteiger partial charge in [-0.3, -0.25) is 9.59 Å². The van der Waals surface area contributed by atoms with Gasteiger partial charge in [-0.25, -0.2) is 0 Å². The minimum atomic E-state index is -0.366. The number of carbonyl (C=O) groups excluding carboxylic acids is 2. The molecule has 2 amide bonds. The zero-order valence-corrected chi connectivity index (χ0v) is 16.4. The van der Waals surface area contributed by atoms with Crippen LogP contribution in [0.1, 0.15) is 42.5 Å². The maximum atomic E-state index is 13.4. The molecule has 2 unspecified atom stereocenters. The highest BCUT2D eigenvalue weighted by molar-refractivity contribution is 5.91. The first-order chi connectivity index (χ1) is 13.6. The van der Waals surface area contributed by atoms with Crippen LogP contribution in [0.15, 0.2) is 48.5 Å². The lowest BCUT2D eigenvalue weighted by atomic mass is 9.92. The Bertz CT molecular complexity index is 881. The molecule has 2 atom stereocenters. The maximum Gasteiger partial charge on any atom is 0.245 e. The zero-order valence-electron chi connectivity index (χ0n) is 16.4. The molecule has 0 radical (unpaired) electrons. The van der Waals surface area contributed by atoms with Gasteiger partial charge in [-0.15, -0.1) is 0 Å². The van der Waals surface area contributed by atoms with E-state index in [0.717, 1.165) is 17.7 Å². The van der Waals surface area contributed by atoms with E-state index in [1.807, 2.05) is 41.3 Å². The monoisotopic (exact) mass is 378 g/mol. The van der Waals surface area contributed by atoms with Crippen molar-refractivity contribution in [3.8, 4) is 5.75 Å². The van der Waals surface area contributed by atoms with Crippen molar-refractivity contribution in [2.75, 3.05) is 13.7 Å². The van der Waals surface area contributed by atoms with Gasteiger partial charge >= 0.3 is 0 Å². The van der Waals surface area contributed by atoms with Gasteiger partial charge in [-0.2, -0.15) is 0 Å². The van der Waals surface area contributed by atoms with E-state index >= 15 is 0 Å². The molecule has 0 saturated carbocycles. The number of benzene rings is 2. The van der Waals surface area contributed by atoms with E-state index in [4.69, 9.17) is 4.74 Å². The van der Waals surface area contributed by atoms with Crippen LogP contribution < -0.4 is 4.74 Å². The first kappa shape index (κ1) is 18.5. The number of methoxy groups -OCH3 is 1. The standard InChI is InChI=1S/C23H26N2O3/c1-16-20-9-8-19(28-2)14-18(20)12-13-24(16)23(27)21-10-11-22(26)25(21)15-17-6-4-3-5-7-17/h3-9,14,16,21H,10-13,15H2,1-2H3. The summed E-state index contributed by atoms with van der Waals surface area (Å²) in [4.78, 5) is 29.6. The molecule has 0 spiro atoms. The Balaban J connectivity index is 1.53. The fourth-order valence-corrected chi connectivity index (χ4v) is 4.40. The molecule has 2 aliphatic heterocycles. The number of nitrogens with zero attached hydrogens (tertiary/aromatic N) is 2. The van der Waals surface area contributed by atoms with Gasteiger partial charge in [0, 0.05) is 19.5 Å². The van der Waals surface area contributed by atoms with Gasteiger partial charge in [0.15, 0.2) is 0 Å². The largest absolute Gasteiger partial charge is 0.497 e. The molecular formula is C23H26N2O3. The number of rotatable bonds is 4. The Kier molecular flexibility index (Phi) is 5.07. The van der Waals surface area contributed by atoms with Gasteiger partial charge in [0.05, 0.1) is 13.2 Å². The van der Waals surface area contributed by atoms with Gasteiger partial charge in [0.2, 0.25) is 11.8 Å². The second-order valence-electron chi connectivity index (χ2n) is 7.58. The number of ether oxygens (including phenoxy) is 1.